The van der Waals surface area contributed by atoms with Crippen molar-refractivity contribution in [1.29, 1.82) is 5.26 Å². The van der Waals surface area contributed by atoms with Gasteiger partial charge in [-0.25, -0.2) is 4.68 Å². The highest BCUT2D eigenvalue weighted by Gasteiger charge is 1.94. The Hall–Kier alpha value is -1.83. The first kappa shape index (κ1) is 7.28. The topological polar surface area (TPSA) is 84.7 Å². The molecule has 0 aliphatic heterocycles. The summed E-state index contributed by atoms with van der Waals surface area (Å²) in [5.74, 6) is 0.236. The minimum absolute atomic E-state index is 0.0656. The van der Waals surface area contributed by atoms with Gasteiger partial charge in [0.15, 0.2) is 0 Å². The lowest BCUT2D eigenvalue weighted by atomic mass is 10.5. The zero-order valence-electron chi connectivity index (χ0n) is 5.69. The lowest BCUT2D eigenvalue weighted by Gasteiger charge is -1.96. The molecule has 0 aliphatic rings. The molecule has 0 amide bonds. The van der Waals surface area contributed by atoms with Gasteiger partial charge in [-0.15, -0.1) is 0 Å². The third-order valence-corrected chi connectivity index (χ3v) is 1.11. The van der Waals surface area contributed by atoms with Crippen LogP contribution >= 0.6 is 0 Å². The summed E-state index contributed by atoms with van der Waals surface area (Å²) in [5, 5.41) is 11.9. The van der Waals surface area contributed by atoms with E-state index in [-0.39, 0.29) is 17.9 Å². The number of aromatic nitrogens is 2. The van der Waals surface area contributed by atoms with Gasteiger partial charge in [0.1, 0.15) is 12.4 Å². The standard InChI is InChI=1S/C6H6N4O/c7-3-4-10-6(11)2-1-5(8)9-10/h1-2H,4H2,(H2,8,9). The molecule has 1 aromatic rings. The number of nitrogen functional groups attached to an aromatic ring is 1. The van der Waals surface area contributed by atoms with Crippen LogP contribution in [0.5, 0.6) is 0 Å². The van der Waals surface area contributed by atoms with Crippen molar-refractivity contribution in [3.05, 3.63) is 22.5 Å². The second kappa shape index (κ2) is 2.84. The van der Waals surface area contributed by atoms with Crippen LogP contribution in [0.2, 0.25) is 0 Å². The third-order valence-electron chi connectivity index (χ3n) is 1.11. The van der Waals surface area contributed by atoms with E-state index in [1.807, 2.05) is 0 Å². The quantitative estimate of drug-likeness (QED) is 0.576. The predicted molar refractivity (Wildman–Crippen MR) is 38.5 cm³/mol. The van der Waals surface area contributed by atoms with Crippen molar-refractivity contribution < 1.29 is 0 Å². The van der Waals surface area contributed by atoms with E-state index in [0.29, 0.717) is 0 Å². The molecular formula is C6H6N4O. The number of nitriles is 1. The van der Waals surface area contributed by atoms with E-state index in [4.69, 9.17) is 11.0 Å². The maximum absolute atomic E-state index is 10.9. The predicted octanol–water partition coefficient (Wildman–Crippen LogP) is -0.651. The lowest BCUT2D eigenvalue weighted by Crippen LogP contribution is -2.22. The molecule has 0 fully saturated rings. The number of rotatable bonds is 1. The van der Waals surface area contributed by atoms with Crippen molar-refractivity contribution in [1.82, 2.24) is 9.78 Å². The second-order valence-electron chi connectivity index (χ2n) is 1.91. The zero-order chi connectivity index (χ0) is 8.27. The van der Waals surface area contributed by atoms with Crippen molar-refractivity contribution in [2.24, 2.45) is 0 Å². The minimum Gasteiger partial charge on any atom is -0.382 e. The summed E-state index contributed by atoms with van der Waals surface area (Å²) in [6, 6.07) is 4.47. The molecular weight excluding hydrogens is 144 g/mol. The first-order valence-electron chi connectivity index (χ1n) is 2.94. The summed E-state index contributed by atoms with van der Waals surface area (Å²) in [6.45, 7) is -0.0656. The number of anilines is 1. The number of nitrogens with two attached hydrogens (primary N) is 1. The maximum Gasteiger partial charge on any atom is 0.267 e. The van der Waals surface area contributed by atoms with E-state index < -0.39 is 0 Å². The number of nitrogens with zero attached hydrogens (tertiary/aromatic N) is 3. The van der Waals surface area contributed by atoms with Gasteiger partial charge in [0.05, 0.1) is 6.07 Å². The minimum atomic E-state index is -0.319. The monoisotopic (exact) mass is 150 g/mol. The van der Waals surface area contributed by atoms with E-state index in [2.05, 4.69) is 5.10 Å². The first-order valence-corrected chi connectivity index (χ1v) is 2.94. The fraction of sp³-hybridized carbons (Fsp3) is 0.167. The molecule has 0 bridgehead atoms. The van der Waals surface area contributed by atoms with Gasteiger partial charge >= 0.3 is 0 Å². The van der Waals surface area contributed by atoms with Crippen molar-refractivity contribution >= 4 is 5.82 Å². The van der Waals surface area contributed by atoms with Gasteiger partial charge in [-0.3, -0.25) is 4.79 Å². The fourth-order valence-corrected chi connectivity index (χ4v) is 0.645. The van der Waals surface area contributed by atoms with Crippen LogP contribution in [0.4, 0.5) is 5.82 Å². The van der Waals surface area contributed by atoms with Crippen molar-refractivity contribution in [2.45, 2.75) is 6.54 Å². The zero-order valence-corrected chi connectivity index (χ0v) is 5.69. The van der Waals surface area contributed by atoms with Gasteiger partial charge in [-0.05, 0) is 6.07 Å². The Labute approximate surface area is 62.7 Å². The van der Waals surface area contributed by atoms with Crippen molar-refractivity contribution in [3.8, 4) is 6.07 Å². The second-order valence-corrected chi connectivity index (χ2v) is 1.91. The lowest BCUT2D eigenvalue weighted by molar-refractivity contribution is 0.664. The van der Waals surface area contributed by atoms with Crippen LogP contribution in [-0.4, -0.2) is 9.78 Å². The molecule has 11 heavy (non-hydrogen) atoms. The van der Waals surface area contributed by atoms with E-state index in [0.717, 1.165) is 4.68 Å². The highest BCUT2D eigenvalue weighted by Crippen LogP contribution is 1.87. The van der Waals surface area contributed by atoms with E-state index in [1.165, 1.54) is 12.1 Å². The Morgan fingerprint density at radius 1 is 1.73 bits per heavy atom. The van der Waals surface area contributed by atoms with E-state index >= 15 is 0 Å². The molecule has 0 radical (unpaired) electrons. The van der Waals surface area contributed by atoms with E-state index in [9.17, 15) is 4.79 Å². The molecule has 0 unspecified atom stereocenters. The number of hydrogen-bond acceptors (Lipinski definition) is 4. The van der Waals surface area contributed by atoms with Crippen LogP contribution in [0.3, 0.4) is 0 Å². The maximum atomic E-state index is 10.9. The average molecular weight is 150 g/mol. The molecule has 5 heteroatoms. The highest BCUT2D eigenvalue weighted by atomic mass is 16.1. The van der Waals surface area contributed by atoms with Crippen LogP contribution in [0.25, 0.3) is 0 Å². The molecule has 1 aromatic heterocycles. The van der Waals surface area contributed by atoms with Crippen LogP contribution in [-0.2, 0) is 6.54 Å². The Bertz CT molecular complexity index is 348. The summed E-state index contributed by atoms with van der Waals surface area (Å²) in [6.07, 6.45) is 0. The van der Waals surface area contributed by atoms with Gasteiger partial charge in [0.2, 0.25) is 0 Å². The van der Waals surface area contributed by atoms with Crippen LogP contribution in [0, 0.1) is 11.3 Å². The molecule has 0 saturated heterocycles. The largest absolute Gasteiger partial charge is 0.382 e. The average Bonchev–Trinajstić information content (AvgIpc) is 1.98. The summed E-state index contributed by atoms with van der Waals surface area (Å²) >= 11 is 0. The molecule has 0 spiro atoms. The summed E-state index contributed by atoms with van der Waals surface area (Å²) in [5.41, 5.74) is 4.96. The molecule has 1 rings (SSSR count). The van der Waals surface area contributed by atoms with Gasteiger partial charge in [-0.2, -0.15) is 10.4 Å². The van der Waals surface area contributed by atoms with Crippen molar-refractivity contribution in [3.63, 3.8) is 0 Å². The third kappa shape index (κ3) is 1.55. The molecule has 56 valence electrons. The Balaban J connectivity index is 3.15. The molecule has 1 heterocycles. The molecule has 0 saturated carbocycles. The smallest absolute Gasteiger partial charge is 0.267 e. The Morgan fingerprint density at radius 2 is 2.45 bits per heavy atom. The summed E-state index contributed by atoms with van der Waals surface area (Å²) < 4.78 is 1.01. The molecule has 0 aliphatic carbocycles. The normalized spacial score (nSPS) is 9.00. The van der Waals surface area contributed by atoms with Crippen LogP contribution in [0.1, 0.15) is 0 Å². The van der Waals surface area contributed by atoms with Crippen LogP contribution < -0.4 is 11.3 Å². The summed E-state index contributed by atoms with van der Waals surface area (Å²) in [7, 11) is 0. The summed E-state index contributed by atoms with van der Waals surface area (Å²) in [4.78, 5) is 10.9. The SMILES string of the molecule is N#CCn1nc(N)ccc1=O. The Kier molecular flexibility index (Phi) is 1.88. The van der Waals surface area contributed by atoms with Gasteiger partial charge in [0, 0.05) is 6.07 Å². The van der Waals surface area contributed by atoms with Gasteiger partial charge < -0.3 is 5.73 Å². The molecule has 5 nitrogen and oxygen atoms in total. The molecule has 0 atom stereocenters. The Morgan fingerprint density at radius 3 is 3.09 bits per heavy atom. The molecule has 2 N–H and O–H groups in total. The highest BCUT2D eigenvalue weighted by molar-refractivity contribution is 5.23. The van der Waals surface area contributed by atoms with Crippen molar-refractivity contribution in [2.75, 3.05) is 5.73 Å². The number of hydrogen-bond donors (Lipinski definition) is 1. The van der Waals surface area contributed by atoms with Crippen LogP contribution in [0.15, 0.2) is 16.9 Å². The van der Waals surface area contributed by atoms with Gasteiger partial charge in [0.25, 0.3) is 5.56 Å². The molecule has 0 aromatic carbocycles. The fourth-order valence-electron chi connectivity index (χ4n) is 0.645. The van der Waals surface area contributed by atoms with E-state index in [1.54, 1.807) is 6.07 Å². The van der Waals surface area contributed by atoms with Gasteiger partial charge in [-0.1, -0.05) is 0 Å². The first-order chi connectivity index (χ1) is 5.24.